The average Bonchev–Trinajstić information content (AvgIpc) is 3.01. The largest absolute Gasteiger partial charge is 0.484 e. The molecule has 0 spiro atoms. The van der Waals surface area contributed by atoms with E-state index < -0.39 is 0 Å². The third kappa shape index (κ3) is 2.94. The van der Waals surface area contributed by atoms with Crippen molar-refractivity contribution in [3.05, 3.63) is 48.0 Å². The van der Waals surface area contributed by atoms with Crippen molar-refractivity contribution in [2.24, 2.45) is 0 Å². The number of hydrogen-bond acceptors (Lipinski definition) is 5. The standard InChI is InChI=1S/C16H12N2O4/c17-8-11-3-1-2-4-13(11)18-16(19)9-20-12-5-6-14-15(7-12)22-10-21-14/h1-7H,9-10H2,(H,18,19). The summed E-state index contributed by atoms with van der Waals surface area (Å²) in [5.41, 5.74) is 0.864. The van der Waals surface area contributed by atoms with Crippen LogP contribution in [0.25, 0.3) is 0 Å². The number of hydrogen-bond donors (Lipinski definition) is 1. The normalized spacial score (nSPS) is 11.6. The number of anilines is 1. The van der Waals surface area contributed by atoms with E-state index in [0.717, 1.165) is 0 Å². The van der Waals surface area contributed by atoms with Crippen LogP contribution in [0, 0.1) is 11.3 Å². The Labute approximate surface area is 126 Å². The first-order valence-electron chi connectivity index (χ1n) is 6.58. The smallest absolute Gasteiger partial charge is 0.262 e. The lowest BCUT2D eigenvalue weighted by Crippen LogP contribution is -2.20. The van der Waals surface area contributed by atoms with Gasteiger partial charge in [0.25, 0.3) is 5.91 Å². The molecule has 0 radical (unpaired) electrons. The van der Waals surface area contributed by atoms with Gasteiger partial charge in [0, 0.05) is 6.07 Å². The minimum atomic E-state index is -0.347. The molecular weight excluding hydrogens is 284 g/mol. The molecule has 0 atom stereocenters. The van der Waals surface area contributed by atoms with Crippen molar-refractivity contribution in [3.63, 3.8) is 0 Å². The van der Waals surface area contributed by atoms with Crippen molar-refractivity contribution in [1.82, 2.24) is 0 Å². The van der Waals surface area contributed by atoms with Gasteiger partial charge in [0.05, 0.1) is 11.3 Å². The van der Waals surface area contributed by atoms with Crippen molar-refractivity contribution in [3.8, 4) is 23.3 Å². The maximum Gasteiger partial charge on any atom is 0.262 e. The average molecular weight is 296 g/mol. The van der Waals surface area contributed by atoms with Gasteiger partial charge in [0.1, 0.15) is 11.8 Å². The van der Waals surface area contributed by atoms with Gasteiger partial charge in [-0.25, -0.2) is 0 Å². The summed E-state index contributed by atoms with van der Waals surface area (Å²) in [5.74, 6) is 1.40. The molecule has 0 bridgehead atoms. The van der Waals surface area contributed by atoms with E-state index >= 15 is 0 Å². The van der Waals surface area contributed by atoms with Crippen LogP contribution >= 0.6 is 0 Å². The fourth-order valence-electron chi connectivity index (χ4n) is 1.99. The summed E-state index contributed by atoms with van der Waals surface area (Å²) in [5, 5.41) is 11.6. The summed E-state index contributed by atoms with van der Waals surface area (Å²) in [7, 11) is 0. The number of rotatable bonds is 4. The predicted molar refractivity (Wildman–Crippen MR) is 77.8 cm³/mol. The van der Waals surface area contributed by atoms with Crippen molar-refractivity contribution < 1.29 is 19.0 Å². The van der Waals surface area contributed by atoms with Crippen molar-refractivity contribution in [1.29, 1.82) is 5.26 Å². The van der Waals surface area contributed by atoms with Gasteiger partial charge in [-0.1, -0.05) is 12.1 Å². The minimum absolute atomic E-state index is 0.167. The number of fused-ring (bicyclic) bond motifs is 1. The van der Waals surface area contributed by atoms with Gasteiger partial charge in [0.15, 0.2) is 18.1 Å². The molecule has 0 saturated heterocycles. The van der Waals surface area contributed by atoms with Crippen LogP contribution in [0.1, 0.15) is 5.56 Å². The lowest BCUT2D eigenvalue weighted by atomic mass is 10.2. The van der Waals surface area contributed by atoms with Gasteiger partial charge in [0.2, 0.25) is 6.79 Å². The number of nitrogens with zero attached hydrogens (tertiary/aromatic N) is 1. The van der Waals surface area contributed by atoms with Gasteiger partial charge in [-0.15, -0.1) is 0 Å². The van der Waals surface area contributed by atoms with E-state index in [2.05, 4.69) is 5.32 Å². The van der Waals surface area contributed by atoms with E-state index in [-0.39, 0.29) is 19.3 Å². The number of nitriles is 1. The van der Waals surface area contributed by atoms with Gasteiger partial charge in [-0.3, -0.25) is 4.79 Å². The molecule has 1 amide bonds. The van der Waals surface area contributed by atoms with Gasteiger partial charge in [-0.05, 0) is 24.3 Å². The molecule has 6 nitrogen and oxygen atoms in total. The maximum atomic E-state index is 11.9. The molecule has 0 fully saturated rings. The number of ether oxygens (including phenoxy) is 3. The molecule has 1 N–H and O–H groups in total. The second-order valence-corrected chi connectivity index (χ2v) is 4.51. The fraction of sp³-hybridized carbons (Fsp3) is 0.125. The molecule has 0 aromatic heterocycles. The first-order valence-corrected chi connectivity index (χ1v) is 6.58. The Hall–Kier alpha value is -3.20. The molecule has 0 aliphatic carbocycles. The summed E-state index contributed by atoms with van der Waals surface area (Å²) in [4.78, 5) is 11.9. The molecule has 22 heavy (non-hydrogen) atoms. The summed E-state index contributed by atoms with van der Waals surface area (Å²) in [6.07, 6.45) is 0. The summed E-state index contributed by atoms with van der Waals surface area (Å²) in [6, 6.07) is 13.9. The van der Waals surface area contributed by atoms with Gasteiger partial charge < -0.3 is 19.5 Å². The first-order chi connectivity index (χ1) is 10.8. The Morgan fingerprint density at radius 3 is 2.91 bits per heavy atom. The highest BCUT2D eigenvalue weighted by molar-refractivity contribution is 5.93. The minimum Gasteiger partial charge on any atom is -0.484 e. The number of benzene rings is 2. The zero-order valence-electron chi connectivity index (χ0n) is 11.5. The lowest BCUT2D eigenvalue weighted by Gasteiger charge is -2.09. The number of amides is 1. The Kier molecular flexibility index (Phi) is 3.79. The summed E-state index contributed by atoms with van der Waals surface area (Å²) < 4.78 is 15.8. The Bertz CT molecular complexity index is 752. The molecule has 110 valence electrons. The molecule has 6 heteroatoms. The van der Waals surface area contributed by atoms with Crippen LogP contribution in [0.5, 0.6) is 17.2 Å². The van der Waals surface area contributed by atoms with Crippen LogP contribution in [0.3, 0.4) is 0 Å². The zero-order valence-corrected chi connectivity index (χ0v) is 11.5. The van der Waals surface area contributed by atoms with Crippen LogP contribution in [0.15, 0.2) is 42.5 Å². The van der Waals surface area contributed by atoms with E-state index in [1.54, 1.807) is 42.5 Å². The van der Waals surface area contributed by atoms with Crippen LogP contribution < -0.4 is 19.5 Å². The monoisotopic (exact) mass is 296 g/mol. The zero-order chi connectivity index (χ0) is 15.4. The second-order valence-electron chi connectivity index (χ2n) is 4.51. The summed E-state index contributed by atoms with van der Waals surface area (Å²) >= 11 is 0. The molecule has 0 saturated carbocycles. The van der Waals surface area contributed by atoms with Crippen LogP contribution in [0.4, 0.5) is 5.69 Å². The van der Waals surface area contributed by atoms with E-state index in [1.807, 2.05) is 6.07 Å². The number of carbonyl (C=O) groups excluding carboxylic acids is 1. The molecule has 2 aromatic carbocycles. The Morgan fingerprint density at radius 2 is 2.05 bits per heavy atom. The third-order valence-corrected chi connectivity index (χ3v) is 3.04. The molecule has 1 aliphatic rings. The predicted octanol–water partition coefficient (Wildman–Crippen LogP) is 2.30. The maximum absolute atomic E-state index is 11.9. The summed E-state index contributed by atoms with van der Waals surface area (Å²) in [6.45, 7) is 0.0175. The van der Waals surface area contributed by atoms with E-state index in [0.29, 0.717) is 28.5 Å². The van der Waals surface area contributed by atoms with Crippen molar-refractivity contribution in [2.75, 3.05) is 18.7 Å². The molecule has 3 rings (SSSR count). The Morgan fingerprint density at radius 1 is 1.23 bits per heavy atom. The van der Waals surface area contributed by atoms with E-state index in [9.17, 15) is 4.79 Å². The van der Waals surface area contributed by atoms with Crippen LogP contribution in [-0.4, -0.2) is 19.3 Å². The van der Waals surface area contributed by atoms with Gasteiger partial charge in [-0.2, -0.15) is 5.26 Å². The molecule has 1 heterocycles. The highest BCUT2D eigenvalue weighted by Gasteiger charge is 2.14. The molecule has 2 aromatic rings. The molecule has 0 unspecified atom stereocenters. The van der Waals surface area contributed by atoms with Crippen molar-refractivity contribution >= 4 is 11.6 Å². The number of para-hydroxylation sites is 1. The SMILES string of the molecule is N#Cc1ccccc1NC(=O)COc1ccc2c(c1)OCO2. The third-order valence-electron chi connectivity index (χ3n) is 3.04. The first kappa shape index (κ1) is 13.8. The quantitative estimate of drug-likeness (QED) is 0.936. The number of nitrogens with one attached hydrogen (secondary N) is 1. The topological polar surface area (TPSA) is 80.6 Å². The second kappa shape index (κ2) is 6.06. The highest BCUT2D eigenvalue weighted by Crippen LogP contribution is 2.35. The Balaban J connectivity index is 1.60. The van der Waals surface area contributed by atoms with Crippen LogP contribution in [0.2, 0.25) is 0 Å². The van der Waals surface area contributed by atoms with Gasteiger partial charge >= 0.3 is 0 Å². The fourth-order valence-corrected chi connectivity index (χ4v) is 1.99. The van der Waals surface area contributed by atoms with Crippen molar-refractivity contribution in [2.45, 2.75) is 0 Å². The lowest BCUT2D eigenvalue weighted by molar-refractivity contribution is -0.118. The molecular formula is C16H12N2O4. The highest BCUT2D eigenvalue weighted by atomic mass is 16.7. The van der Waals surface area contributed by atoms with E-state index in [1.165, 1.54) is 0 Å². The van der Waals surface area contributed by atoms with E-state index in [4.69, 9.17) is 19.5 Å². The molecule has 1 aliphatic heterocycles. The number of carbonyl (C=O) groups is 1. The van der Waals surface area contributed by atoms with Crippen LogP contribution in [-0.2, 0) is 4.79 Å².